The van der Waals surface area contributed by atoms with E-state index in [9.17, 15) is 14.7 Å². The van der Waals surface area contributed by atoms with Crippen molar-refractivity contribution in [2.75, 3.05) is 0 Å². The molecule has 0 aromatic rings. The van der Waals surface area contributed by atoms with Crippen molar-refractivity contribution in [1.29, 1.82) is 0 Å². The fourth-order valence-corrected chi connectivity index (χ4v) is 9.12. The highest BCUT2D eigenvalue weighted by atomic mass is 16.6. The van der Waals surface area contributed by atoms with Crippen molar-refractivity contribution in [1.82, 2.24) is 5.32 Å². The van der Waals surface area contributed by atoms with Gasteiger partial charge in [-0.1, -0.05) is 65.5 Å². The summed E-state index contributed by atoms with van der Waals surface area (Å²) < 4.78 is 5.72. The molecule has 3 N–H and O–H groups in total. The summed E-state index contributed by atoms with van der Waals surface area (Å²) in [5, 5.41) is 21.3. The van der Waals surface area contributed by atoms with Crippen LogP contribution in [0.4, 0.5) is 9.59 Å². The Hall–Kier alpha value is -1.56. The van der Waals surface area contributed by atoms with Crippen LogP contribution in [0.2, 0.25) is 0 Å². The molecule has 35 heavy (non-hydrogen) atoms. The number of ether oxygens (including phenoxy) is 1. The summed E-state index contributed by atoms with van der Waals surface area (Å²) in [7, 11) is 0. The van der Waals surface area contributed by atoms with Crippen LogP contribution in [0.15, 0.2) is 11.6 Å². The molecule has 2 amide bonds. The fraction of sp³-hybridized carbons (Fsp3) is 0.862. The predicted molar refractivity (Wildman–Crippen MR) is 136 cm³/mol. The summed E-state index contributed by atoms with van der Waals surface area (Å²) >= 11 is 0. The molecule has 3 fully saturated rings. The maximum atomic E-state index is 12.3. The number of hydrogen-bond donors (Lipinski definition) is 3. The Morgan fingerprint density at radius 1 is 1.14 bits per heavy atom. The number of alkyl carbamates (subject to hydrolysis) is 1. The molecule has 6 heteroatoms. The third-order valence-corrected chi connectivity index (χ3v) is 10.8. The second kappa shape index (κ2) is 10.1. The van der Waals surface area contributed by atoms with Gasteiger partial charge in [-0.15, -0.1) is 0 Å². The van der Waals surface area contributed by atoms with Crippen LogP contribution in [0, 0.1) is 46.3 Å². The van der Waals surface area contributed by atoms with Gasteiger partial charge in [0.05, 0.1) is 6.10 Å². The molecule has 6 nitrogen and oxygen atoms in total. The van der Waals surface area contributed by atoms with Gasteiger partial charge in [-0.05, 0) is 79.4 Å². The van der Waals surface area contributed by atoms with Gasteiger partial charge < -0.3 is 14.9 Å². The lowest BCUT2D eigenvalue weighted by atomic mass is 9.46. The molecule has 4 aliphatic carbocycles. The van der Waals surface area contributed by atoms with Crippen LogP contribution in [-0.4, -0.2) is 34.6 Å². The number of amides is 2. The molecule has 0 bridgehead atoms. The zero-order chi connectivity index (χ0) is 25.5. The molecule has 0 radical (unpaired) electrons. The van der Waals surface area contributed by atoms with E-state index in [1.807, 2.05) is 5.32 Å². The highest BCUT2D eigenvalue weighted by molar-refractivity contribution is 5.86. The van der Waals surface area contributed by atoms with Crippen molar-refractivity contribution in [2.45, 2.75) is 111 Å². The van der Waals surface area contributed by atoms with E-state index in [-0.39, 0.29) is 5.41 Å². The van der Waals surface area contributed by atoms with E-state index in [1.165, 1.54) is 44.1 Å². The third-order valence-electron chi connectivity index (χ3n) is 10.8. The Labute approximate surface area is 211 Å². The standard InChI is InChI=1S/C29H47NO5/c1-17(2)7-6-8-18(3)22-11-12-23-21-10-9-19-15-20(31)16-25(35-27(34)30-26(32)33)29(19,5)24(21)13-14-28(22,23)4/h9,17-18,20-25,31H,6-8,10-16H2,1-5H3,(H,30,34)(H,32,33)/t18-,20+,21+,22-,23+,24+,25?,28-,29+/m1/s1. The first-order valence-electron chi connectivity index (χ1n) is 14.0. The Morgan fingerprint density at radius 3 is 2.57 bits per heavy atom. The van der Waals surface area contributed by atoms with Crippen LogP contribution in [0.3, 0.4) is 0 Å². The number of fused-ring (bicyclic) bond motifs is 5. The molecule has 0 aromatic heterocycles. The Balaban J connectivity index is 1.54. The van der Waals surface area contributed by atoms with Crippen molar-refractivity contribution in [3.05, 3.63) is 11.6 Å². The van der Waals surface area contributed by atoms with Crippen molar-refractivity contribution in [3.8, 4) is 0 Å². The highest BCUT2D eigenvalue weighted by Crippen LogP contribution is 2.67. The number of nitrogens with one attached hydrogen (secondary N) is 1. The maximum absolute atomic E-state index is 12.3. The first-order chi connectivity index (χ1) is 16.5. The van der Waals surface area contributed by atoms with Crippen LogP contribution in [-0.2, 0) is 4.74 Å². The Morgan fingerprint density at radius 2 is 1.89 bits per heavy atom. The smallest absolute Gasteiger partial charge is 0.416 e. The second-order valence-corrected chi connectivity index (χ2v) is 13.1. The van der Waals surface area contributed by atoms with E-state index in [1.54, 1.807) is 0 Å². The van der Waals surface area contributed by atoms with E-state index in [0.717, 1.165) is 30.6 Å². The van der Waals surface area contributed by atoms with E-state index >= 15 is 0 Å². The molecule has 0 heterocycles. The number of rotatable bonds is 6. The average Bonchev–Trinajstić information content (AvgIpc) is 3.11. The maximum Gasteiger partial charge on any atom is 0.416 e. The van der Waals surface area contributed by atoms with Gasteiger partial charge in [-0.3, -0.25) is 0 Å². The second-order valence-electron chi connectivity index (χ2n) is 13.1. The van der Waals surface area contributed by atoms with Crippen molar-refractivity contribution < 1.29 is 24.5 Å². The van der Waals surface area contributed by atoms with E-state index in [4.69, 9.17) is 9.84 Å². The Bertz CT molecular complexity index is 839. The summed E-state index contributed by atoms with van der Waals surface area (Å²) in [5.74, 6) is 3.93. The van der Waals surface area contributed by atoms with Crippen LogP contribution in [0.1, 0.15) is 98.8 Å². The predicted octanol–water partition coefficient (Wildman–Crippen LogP) is 6.77. The molecule has 0 aliphatic heterocycles. The molecule has 198 valence electrons. The summed E-state index contributed by atoms with van der Waals surface area (Å²) in [6.45, 7) is 11.9. The fourth-order valence-electron chi connectivity index (χ4n) is 9.12. The van der Waals surface area contributed by atoms with Gasteiger partial charge in [0.1, 0.15) is 6.10 Å². The average molecular weight is 490 g/mol. The summed E-state index contributed by atoms with van der Waals surface area (Å²) in [5.41, 5.74) is 1.22. The van der Waals surface area contributed by atoms with Gasteiger partial charge in [0, 0.05) is 11.8 Å². The number of carboxylic acid groups (broad SMARTS) is 1. The summed E-state index contributed by atoms with van der Waals surface area (Å²) in [6.07, 6.45) is 9.82. The van der Waals surface area contributed by atoms with Gasteiger partial charge in [-0.25, -0.2) is 14.9 Å². The normalized spacial score (nSPS) is 41.3. The number of hydrogen-bond acceptors (Lipinski definition) is 4. The molecule has 0 aromatic carbocycles. The molecular weight excluding hydrogens is 442 g/mol. The summed E-state index contributed by atoms with van der Waals surface area (Å²) in [4.78, 5) is 23.2. The third kappa shape index (κ3) is 4.89. The summed E-state index contributed by atoms with van der Waals surface area (Å²) in [6, 6.07) is 0. The molecular formula is C29H47NO5. The minimum absolute atomic E-state index is 0.347. The zero-order valence-corrected chi connectivity index (χ0v) is 22.4. The lowest BCUT2D eigenvalue weighted by Crippen LogP contribution is -2.57. The Kier molecular flexibility index (Phi) is 7.62. The zero-order valence-electron chi connectivity index (χ0n) is 22.4. The first-order valence-corrected chi connectivity index (χ1v) is 14.0. The van der Waals surface area contributed by atoms with Crippen molar-refractivity contribution in [3.63, 3.8) is 0 Å². The van der Waals surface area contributed by atoms with Gasteiger partial charge >= 0.3 is 12.2 Å². The first kappa shape index (κ1) is 26.5. The lowest BCUT2D eigenvalue weighted by molar-refractivity contribution is -0.109. The van der Waals surface area contributed by atoms with Gasteiger partial charge in [-0.2, -0.15) is 0 Å². The number of aliphatic hydroxyl groups is 1. The minimum Gasteiger partial charge on any atom is -0.465 e. The van der Waals surface area contributed by atoms with E-state index < -0.39 is 24.4 Å². The van der Waals surface area contributed by atoms with E-state index in [0.29, 0.717) is 36.0 Å². The number of carbonyl (C=O) groups is 2. The lowest BCUT2D eigenvalue weighted by Gasteiger charge is -2.59. The monoisotopic (exact) mass is 489 g/mol. The van der Waals surface area contributed by atoms with Crippen LogP contribution in [0.25, 0.3) is 0 Å². The molecule has 1 unspecified atom stereocenters. The number of allylic oxidation sites excluding steroid dienone is 1. The number of aliphatic hydroxyl groups excluding tert-OH is 1. The molecule has 9 atom stereocenters. The molecule has 0 spiro atoms. The number of carbonyl (C=O) groups excluding carboxylic acids is 1. The SMILES string of the molecule is CC(C)CCC[C@@H](C)[C@H]1CC[C@H]2[C@@H]3CC=C4C[C@H](O)CC(OC(=O)NC(=O)O)[C@]4(C)[C@H]3CC[C@]12C. The van der Waals surface area contributed by atoms with E-state index in [2.05, 4.69) is 40.7 Å². The minimum atomic E-state index is -1.42. The molecule has 4 rings (SSSR count). The van der Waals surface area contributed by atoms with Crippen LogP contribution in [0.5, 0.6) is 0 Å². The van der Waals surface area contributed by atoms with Crippen LogP contribution >= 0.6 is 0 Å². The van der Waals surface area contributed by atoms with Gasteiger partial charge in [0.2, 0.25) is 0 Å². The molecule has 3 saturated carbocycles. The number of imide groups is 1. The van der Waals surface area contributed by atoms with Crippen LogP contribution < -0.4 is 5.32 Å². The largest absolute Gasteiger partial charge is 0.465 e. The molecule has 0 saturated heterocycles. The van der Waals surface area contributed by atoms with Gasteiger partial charge in [0.15, 0.2) is 0 Å². The quantitative estimate of drug-likeness (QED) is 0.358. The van der Waals surface area contributed by atoms with Crippen molar-refractivity contribution >= 4 is 12.2 Å². The van der Waals surface area contributed by atoms with Crippen molar-refractivity contribution in [2.24, 2.45) is 46.3 Å². The van der Waals surface area contributed by atoms with Gasteiger partial charge in [0.25, 0.3) is 0 Å². The topological polar surface area (TPSA) is 95.9 Å². The highest BCUT2D eigenvalue weighted by Gasteiger charge is 2.61. The molecule has 4 aliphatic rings.